The predicted octanol–water partition coefficient (Wildman–Crippen LogP) is 3.18. The predicted molar refractivity (Wildman–Crippen MR) is 106 cm³/mol. The minimum Gasteiger partial charge on any atom is -0.383 e. The van der Waals surface area contributed by atoms with Gasteiger partial charge in [-0.05, 0) is 30.2 Å². The van der Waals surface area contributed by atoms with Gasteiger partial charge in [0, 0.05) is 38.5 Å². The van der Waals surface area contributed by atoms with Crippen LogP contribution in [0.25, 0.3) is 0 Å². The van der Waals surface area contributed by atoms with Crippen LogP contribution in [-0.2, 0) is 23.2 Å². The fourth-order valence-corrected chi connectivity index (χ4v) is 3.71. The van der Waals surface area contributed by atoms with Gasteiger partial charge in [-0.25, -0.2) is 4.79 Å². The van der Waals surface area contributed by atoms with E-state index in [2.05, 4.69) is 47.7 Å². The van der Waals surface area contributed by atoms with Crippen LogP contribution in [0.2, 0.25) is 0 Å². The van der Waals surface area contributed by atoms with E-state index in [4.69, 9.17) is 4.74 Å². The van der Waals surface area contributed by atoms with Crippen molar-refractivity contribution in [2.75, 3.05) is 26.8 Å². The monoisotopic (exact) mass is 370 g/mol. The van der Waals surface area contributed by atoms with E-state index in [0.29, 0.717) is 19.7 Å². The molecule has 1 aliphatic rings. The number of hydrogen-bond donors (Lipinski definition) is 1. The zero-order chi connectivity index (χ0) is 19.1. The summed E-state index contributed by atoms with van der Waals surface area (Å²) in [5, 5.41) is 7.32. The molecule has 1 aromatic carbocycles. The van der Waals surface area contributed by atoms with E-state index < -0.39 is 0 Å². The number of benzene rings is 1. The number of carbonyl (C=O) groups excluding carboxylic acids is 1. The molecule has 0 aliphatic carbocycles. The summed E-state index contributed by atoms with van der Waals surface area (Å²) in [5.74, 6) is 0. The van der Waals surface area contributed by atoms with Gasteiger partial charge in [-0.2, -0.15) is 5.10 Å². The number of methoxy groups -OCH3 is 1. The molecule has 146 valence electrons. The summed E-state index contributed by atoms with van der Waals surface area (Å²) >= 11 is 0. The first kappa shape index (κ1) is 19.4. The third-order valence-electron chi connectivity index (χ3n) is 5.50. The fourth-order valence-electron chi connectivity index (χ4n) is 3.71. The molecule has 6 nitrogen and oxygen atoms in total. The summed E-state index contributed by atoms with van der Waals surface area (Å²) < 4.78 is 6.89. The third kappa shape index (κ3) is 5.10. The largest absolute Gasteiger partial charge is 0.383 e. The highest BCUT2D eigenvalue weighted by molar-refractivity contribution is 5.74. The number of nitrogens with zero attached hydrogens (tertiary/aromatic N) is 3. The second-order valence-electron chi connectivity index (χ2n) is 7.53. The molecule has 0 bridgehead atoms. The van der Waals surface area contributed by atoms with Crippen molar-refractivity contribution in [1.82, 2.24) is 20.0 Å². The van der Waals surface area contributed by atoms with Crippen LogP contribution in [0.4, 0.5) is 4.79 Å². The smallest absolute Gasteiger partial charge is 0.317 e. The molecule has 1 N–H and O–H groups in total. The summed E-state index contributed by atoms with van der Waals surface area (Å²) in [6.07, 6.45) is 6.86. The Labute approximate surface area is 161 Å². The normalized spacial score (nSPS) is 20.3. The maximum absolute atomic E-state index is 12.6. The maximum atomic E-state index is 12.6. The van der Waals surface area contributed by atoms with Crippen molar-refractivity contribution in [3.8, 4) is 0 Å². The Bertz CT molecular complexity index is 731. The number of rotatable bonds is 6. The van der Waals surface area contributed by atoms with Gasteiger partial charge < -0.3 is 15.0 Å². The molecule has 2 amide bonds. The Morgan fingerprint density at radius 2 is 2.07 bits per heavy atom. The van der Waals surface area contributed by atoms with Crippen molar-refractivity contribution in [2.45, 2.75) is 44.7 Å². The summed E-state index contributed by atoms with van der Waals surface area (Å²) in [4.78, 5) is 14.6. The van der Waals surface area contributed by atoms with Gasteiger partial charge in [0.1, 0.15) is 0 Å². The molecule has 6 heteroatoms. The number of likely N-dealkylation sites (tertiary alicyclic amines) is 1. The maximum Gasteiger partial charge on any atom is 0.317 e. The molecule has 1 saturated heterocycles. The SMILES string of the molecule is COCCn1cc(CNC(=O)N2CCCC(C)(c3ccccc3)CC2)cn1. The molecular formula is C21H30N4O2. The first-order valence-electron chi connectivity index (χ1n) is 9.69. The van der Waals surface area contributed by atoms with Crippen molar-refractivity contribution in [3.63, 3.8) is 0 Å². The van der Waals surface area contributed by atoms with Crippen molar-refractivity contribution >= 4 is 6.03 Å². The molecular weight excluding hydrogens is 340 g/mol. The number of urea groups is 1. The van der Waals surface area contributed by atoms with E-state index in [0.717, 1.165) is 37.9 Å². The van der Waals surface area contributed by atoms with Crippen LogP contribution >= 0.6 is 0 Å². The summed E-state index contributed by atoms with van der Waals surface area (Å²) in [6.45, 7) is 5.75. The van der Waals surface area contributed by atoms with Gasteiger partial charge in [0.2, 0.25) is 0 Å². The van der Waals surface area contributed by atoms with Crippen LogP contribution in [0.1, 0.15) is 37.3 Å². The molecule has 0 spiro atoms. The van der Waals surface area contributed by atoms with Gasteiger partial charge in [-0.1, -0.05) is 37.3 Å². The summed E-state index contributed by atoms with van der Waals surface area (Å²) in [7, 11) is 1.68. The Morgan fingerprint density at radius 1 is 1.26 bits per heavy atom. The van der Waals surface area contributed by atoms with Gasteiger partial charge in [0.05, 0.1) is 19.3 Å². The highest BCUT2D eigenvalue weighted by Crippen LogP contribution is 2.34. The second-order valence-corrected chi connectivity index (χ2v) is 7.53. The number of amides is 2. The second kappa shape index (κ2) is 9.04. The van der Waals surface area contributed by atoms with Crippen LogP contribution < -0.4 is 5.32 Å². The molecule has 3 rings (SSSR count). The average Bonchev–Trinajstić information content (AvgIpc) is 3.05. The lowest BCUT2D eigenvalue weighted by atomic mass is 9.76. The Kier molecular flexibility index (Phi) is 6.50. The van der Waals surface area contributed by atoms with E-state index in [1.807, 2.05) is 15.8 Å². The quantitative estimate of drug-likeness (QED) is 0.850. The number of hydrogen-bond acceptors (Lipinski definition) is 3. The summed E-state index contributed by atoms with van der Waals surface area (Å²) in [5.41, 5.74) is 2.51. The molecule has 27 heavy (non-hydrogen) atoms. The fraction of sp³-hybridized carbons (Fsp3) is 0.524. The Morgan fingerprint density at radius 3 is 2.85 bits per heavy atom. The van der Waals surface area contributed by atoms with E-state index in [1.54, 1.807) is 13.3 Å². The molecule has 2 aromatic rings. The zero-order valence-electron chi connectivity index (χ0n) is 16.4. The number of nitrogens with one attached hydrogen (secondary N) is 1. The van der Waals surface area contributed by atoms with Gasteiger partial charge in [-0.15, -0.1) is 0 Å². The van der Waals surface area contributed by atoms with Gasteiger partial charge in [0.15, 0.2) is 0 Å². The van der Waals surface area contributed by atoms with E-state index in [1.165, 1.54) is 5.56 Å². The van der Waals surface area contributed by atoms with Crippen LogP contribution in [0, 0.1) is 0 Å². The Hall–Kier alpha value is -2.34. The number of aromatic nitrogens is 2. The van der Waals surface area contributed by atoms with E-state index >= 15 is 0 Å². The topological polar surface area (TPSA) is 59.4 Å². The molecule has 0 radical (unpaired) electrons. The molecule has 1 unspecified atom stereocenters. The van der Waals surface area contributed by atoms with Crippen LogP contribution in [0.15, 0.2) is 42.7 Å². The van der Waals surface area contributed by atoms with Crippen LogP contribution in [0.3, 0.4) is 0 Å². The zero-order valence-corrected chi connectivity index (χ0v) is 16.4. The Balaban J connectivity index is 1.51. The lowest BCUT2D eigenvalue weighted by Crippen LogP contribution is -2.40. The van der Waals surface area contributed by atoms with Crippen molar-refractivity contribution in [2.24, 2.45) is 0 Å². The summed E-state index contributed by atoms with van der Waals surface area (Å²) in [6, 6.07) is 10.7. The van der Waals surface area contributed by atoms with E-state index in [-0.39, 0.29) is 11.4 Å². The molecule has 1 aliphatic heterocycles. The molecule has 0 saturated carbocycles. The highest BCUT2D eigenvalue weighted by atomic mass is 16.5. The van der Waals surface area contributed by atoms with Crippen molar-refractivity contribution < 1.29 is 9.53 Å². The molecule has 2 heterocycles. The lowest BCUT2D eigenvalue weighted by Gasteiger charge is -2.29. The first-order valence-corrected chi connectivity index (χ1v) is 9.69. The minimum absolute atomic E-state index is 0.0111. The van der Waals surface area contributed by atoms with Crippen molar-refractivity contribution in [3.05, 3.63) is 53.9 Å². The standard InChI is InChI=1S/C21H30N4O2/c1-21(19-7-4-3-5-8-19)9-6-11-24(12-10-21)20(26)22-15-18-16-23-25(17-18)13-14-27-2/h3-5,7-8,16-17H,6,9-15H2,1-2H3,(H,22,26). The average molecular weight is 370 g/mol. The van der Waals surface area contributed by atoms with Gasteiger partial charge in [-0.3, -0.25) is 4.68 Å². The lowest BCUT2D eigenvalue weighted by molar-refractivity contribution is 0.183. The minimum atomic E-state index is 0.0111. The molecule has 1 atom stereocenters. The third-order valence-corrected chi connectivity index (χ3v) is 5.50. The van der Waals surface area contributed by atoms with Gasteiger partial charge in [0.25, 0.3) is 0 Å². The van der Waals surface area contributed by atoms with Crippen LogP contribution in [0.5, 0.6) is 0 Å². The van der Waals surface area contributed by atoms with Gasteiger partial charge >= 0.3 is 6.03 Å². The number of carbonyl (C=O) groups is 1. The van der Waals surface area contributed by atoms with E-state index in [9.17, 15) is 4.79 Å². The van der Waals surface area contributed by atoms with Crippen molar-refractivity contribution in [1.29, 1.82) is 0 Å². The molecule has 1 aromatic heterocycles. The van der Waals surface area contributed by atoms with Crippen LogP contribution in [-0.4, -0.2) is 47.5 Å². The first-order chi connectivity index (χ1) is 13.1. The highest BCUT2D eigenvalue weighted by Gasteiger charge is 2.30. The number of ether oxygens (including phenoxy) is 1. The molecule has 1 fully saturated rings.